The Morgan fingerprint density at radius 3 is 3.11 bits per heavy atom. The van der Waals surface area contributed by atoms with Crippen molar-refractivity contribution in [3.8, 4) is 5.88 Å². The van der Waals surface area contributed by atoms with Gasteiger partial charge in [0.1, 0.15) is 5.54 Å². The molecule has 2 heterocycles. The first-order valence-electron chi connectivity index (χ1n) is 6.05. The van der Waals surface area contributed by atoms with Crippen molar-refractivity contribution < 1.29 is 14.6 Å². The molecular formula is C12H17N3O3. The third kappa shape index (κ3) is 2.10. The van der Waals surface area contributed by atoms with E-state index in [1.54, 1.807) is 24.1 Å². The number of carboxylic acid groups (broad SMARTS) is 1. The van der Waals surface area contributed by atoms with E-state index in [9.17, 15) is 9.90 Å². The minimum Gasteiger partial charge on any atom is -0.480 e. The van der Waals surface area contributed by atoms with Gasteiger partial charge >= 0.3 is 5.97 Å². The molecule has 1 aromatic rings. The minimum atomic E-state index is -0.926. The SMILES string of the molecule is CCOc1ccnc(N2CCCC2(C)C(=O)O)n1. The van der Waals surface area contributed by atoms with E-state index >= 15 is 0 Å². The molecule has 2 rings (SSSR count). The fourth-order valence-corrected chi connectivity index (χ4v) is 2.20. The van der Waals surface area contributed by atoms with Crippen LogP contribution in [-0.4, -0.2) is 39.7 Å². The summed E-state index contributed by atoms with van der Waals surface area (Å²) in [5.74, 6) is 0.0518. The second kappa shape index (κ2) is 4.80. The third-order valence-corrected chi connectivity index (χ3v) is 3.25. The zero-order valence-electron chi connectivity index (χ0n) is 10.6. The maximum atomic E-state index is 11.4. The Balaban J connectivity index is 2.30. The topological polar surface area (TPSA) is 75.5 Å². The highest BCUT2D eigenvalue weighted by Gasteiger charge is 2.44. The van der Waals surface area contributed by atoms with Gasteiger partial charge in [0.2, 0.25) is 11.8 Å². The number of hydrogen-bond donors (Lipinski definition) is 1. The van der Waals surface area contributed by atoms with Gasteiger partial charge in [0, 0.05) is 18.8 Å². The summed E-state index contributed by atoms with van der Waals surface area (Å²) in [6, 6.07) is 1.67. The second-order valence-corrected chi connectivity index (χ2v) is 4.46. The van der Waals surface area contributed by atoms with Crippen LogP contribution in [-0.2, 0) is 4.79 Å². The van der Waals surface area contributed by atoms with E-state index in [1.165, 1.54) is 0 Å². The standard InChI is InChI=1S/C12H17N3O3/c1-3-18-9-5-7-13-11(14-9)15-8-4-6-12(15,2)10(16)17/h5,7H,3-4,6,8H2,1-2H3,(H,16,17). The van der Waals surface area contributed by atoms with Gasteiger partial charge in [-0.05, 0) is 26.7 Å². The molecule has 6 nitrogen and oxygen atoms in total. The van der Waals surface area contributed by atoms with Crippen LogP contribution in [0.2, 0.25) is 0 Å². The molecule has 1 N–H and O–H groups in total. The Bertz CT molecular complexity index is 452. The van der Waals surface area contributed by atoms with Crippen LogP contribution in [0.25, 0.3) is 0 Å². The number of rotatable bonds is 4. The van der Waals surface area contributed by atoms with Crippen LogP contribution in [0.15, 0.2) is 12.3 Å². The molecule has 1 aromatic heterocycles. The smallest absolute Gasteiger partial charge is 0.329 e. The molecule has 6 heteroatoms. The lowest BCUT2D eigenvalue weighted by molar-refractivity contribution is -0.142. The summed E-state index contributed by atoms with van der Waals surface area (Å²) in [5.41, 5.74) is -0.926. The van der Waals surface area contributed by atoms with Crippen LogP contribution in [0.5, 0.6) is 5.88 Å². The Morgan fingerprint density at radius 1 is 1.67 bits per heavy atom. The lowest BCUT2D eigenvalue weighted by Gasteiger charge is -2.31. The summed E-state index contributed by atoms with van der Waals surface area (Å²) in [6.45, 7) is 4.75. The van der Waals surface area contributed by atoms with Gasteiger partial charge in [0.05, 0.1) is 6.61 Å². The van der Waals surface area contributed by atoms with Crippen LogP contribution >= 0.6 is 0 Å². The van der Waals surface area contributed by atoms with Crippen molar-refractivity contribution in [2.75, 3.05) is 18.1 Å². The first kappa shape index (κ1) is 12.6. The van der Waals surface area contributed by atoms with Crippen molar-refractivity contribution in [2.45, 2.75) is 32.2 Å². The molecule has 1 saturated heterocycles. The fraction of sp³-hybridized carbons (Fsp3) is 0.583. The second-order valence-electron chi connectivity index (χ2n) is 4.46. The van der Waals surface area contributed by atoms with Crippen LogP contribution < -0.4 is 9.64 Å². The highest BCUT2D eigenvalue weighted by atomic mass is 16.5. The lowest BCUT2D eigenvalue weighted by Crippen LogP contribution is -2.48. The molecule has 18 heavy (non-hydrogen) atoms. The average molecular weight is 251 g/mol. The molecule has 1 fully saturated rings. The molecule has 1 atom stereocenters. The van der Waals surface area contributed by atoms with E-state index in [-0.39, 0.29) is 0 Å². The number of aromatic nitrogens is 2. The first-order valence-corrected chi connectivity index (χ1v) is 6.05. The molecule has 0 amide bonds. The van der Waals surface area contributed by atoms with Crippen molar-refractivity contribution in [3.05, 3.63) is 12.3 Å². The largest absolute Gasteiger partial charge is 0.480 e. The maximum absolute atomic E-state index is 11.4. The number of nitrogens with zero attached hydrogens (tertiary/aromatic N) is 3. The van der Waals surface area contributed by atoms with Crippen molar-refractivity contribution in [3.63, 3.8) is 0 Å². The van der Waals surface area contributed by atoms with Gasteiger partial charge in [-0.2, -0.15) is 4.98 Å². The summed E-state index contributed by atoms with van der Waals surface area (Å²) >= 11 is 0. The summed E-state index contributed by atoms with van der Waals surface area (Å²) < 4.78 is 5.31. The normalized spacial score (nSPS) is 23.1. The van der Waals surface area contributed by atoms with Crippen LogP contribution in [0.3, 0.4) is 0 Å². The first-order chi connectivity index (χ1) is 8.58. The van der Waals surface area contributed by atoms with E-state index in [2.05, 4.69) is 9.97 Å². The number of anilines is 1. The van der Waals surface area contributed by atoms with E-state index in [1.807, 2.05) is 6.92 Å². The number of hydrogen-bond acceptors (Lipinski definition) is 5. The number of aliphatic carboxylic acids is 1. The molecule has 0 aliphatic carbocycles. The summed E-state index contributed by atoms with van der Waals surface area (Å²) in [5, 5.41) is 9.35. The summed E-state index contributed by atoms with van der Waals surface area (Å²) in [4.78, 5) is 21.5. The number of carboxylic acids is 1. The van der Waals surface area contributed by atoms with Crippen molar-refractivity contribution >= 4 is 11.9 Å². The minimum absolute atomic E-state index is 0.420. The van der Waals surface area contributed by atoms with Gasteiger partial charge in [-0.1, -0.05) is 0 Å². The Hall–Kier alpha value is -1.85. The predicted molar refractivity (Wildman–Crippen MR) is 65.8 cm³/mol. The van der Waals surface area contributed by atoms with Gasteiger partial charge < -0.3 is 14.7 Å². The van der Waals surface area contributed by atoms with Crippen molar-refractivity contribution in [1.82, 2.24) is 9.97 Å². The fourth-order valence-electron chi connectivity index (χ4n) is 2.20. The Labute approximate surface area is 106 Å². The summed E-state index contributed by atoms with van der Waals surface area (Å²) in [7, 11) is 0. The van der Waals surface area contributed by atoms with E-state index < -0.39 is 11.5 Å². The Morgan fingerprint density at radius 2 is 2.44 bits per heavy atom. The quantitative estimate of drug-likeness (QED) is 0.869. The molecule has 1 aliphatic heterocycles. The highest BCUT2D eigenvalue weighted by Crippen LogP contribution is 2.32. The molecule has 0 aromatic carbocycles. The van der Waals surface area contributed by atoms with Gasteiger partial charge in [-0.15, -0.1) is 0 Å². The van der Waals surface area contributed by atoms with Crippen LogP contribution in [0, 0.1) is 0 Å². The van der Waals surface area contributed by atoms with E-state index in [4.69, 9.17) is 4.74 Å². The summed E-state index contributed by atoms with van der Waals surface area (Å²) in [6.07, 6.45) is 3.02. The van der Waals surface area contributed by atoms with Crippen LogP contribution in [0.1, 0.15) is 26.7 Å². The molecule has 98 valence electrons. The van der Waals surface area contributed by atoms with Gasteiger partial charge in [-0.25, -0.2) is 9.78 Å². The Kier molecular flexibility index (Phi) is 3.36. The number of ether oxygens (including phenoxy) is 1. The molecule has 0 saturated carbocycles. The third-order valence-electron chi connectivity index (χ3n) is 3.25. The molecule has 0 spiro atoms. The van der Waals surface area contributed by atoms with Gasteiger partial charge in [0.15, 0.2) is 0 Å². The van der Waals surface area contributed by atoms with Gasteiger partial charge in [0.25, 0.3) is 0 Å². The van der Waals surface area contributed by atoms with Crippen LogP contribution in [0.4, 0.5) is 5.95 Å². The number of carbonyl (C=O) groups is 1. The van der Waals surface area contributed by atoms with Gasteiger partial charge in [-0.3, -0.25) is 0 Å². The average Bonchev–Trinajstić information content (AvgIpc) is 2.74. The van der Waals surface area contributed by atoms with E-state index in [0.29, 0.717) is 31.4 Å². The van der Waals surface area contributed by atoms with E-state index in [0.717, 1.165) is 6.42 Å². The van der Waals surface area contributed by atoms with Crippen molar-refractivity contribution in [2.24, 2.45) is 0 Å². The zero-order valence-corrected chi connectivity index (χ0v) is 10.6. The maximum Gasteiger partial charge on any atom is 0.329 e. The molecule has 0 radical (unpaired) electrons. The molecule has 1 unspecified atom stereocenters. The molecular weight excluding hydrogens is 234 g/mol. The predicted octanol–water partition coefficient (Wildman–Crippen LogP) is 1.32. The zero-order chi connectivity index (χ0) is 13.2. The molecule has 0 bridgehead atoms. The molecule has 1 aliphatic rings. The van der Waals surface area contributed by atoms with Crippen molar-refractivity contribution in [1.29, 1.82) is 0 Å². The monoisotopic (exact) mass is 251 g/mol. The lowest BCUT2D eigenvalue weighted by atomic mass is 10.00. The highest BCUT2D eigenvalue weighted by molar-refractivity contribution is 5.83.